The van der Waals surface area contributed by atoms with Gasteiger partial charge in [0.2, 0.25) is 0 Å². The number of carbonyl (C=O) groups excluding carboxylic acids is 1. The van der Waals surface area contributed by atoms with E-state index in [1.54, 1.807) is 0 Å². The van der Waals surface area contributed by atoms with Gasteiger partial charge in [-0.25, -0.2) is 16.5 Å². The zero-order valence-corrected chi connectivity index (χ0v) is 12.4. The van der Waals surface area contributed by atoms with Gasteiger partial charge in [-0.15, -0.1) is 0 Å². The van der Waals surface area contributed by atoms with Gasteiger partial charge in [0.25, 0.3) is 6.50 Å². The van der Waals surface area contributed by atoms with E-state index in [0.717, 1.165) is 25.2 Å². The Morgan fingerprint density at radius 2 is 2.57 bits per heavy atom. The van der Waals surface area contributed by atoms with Crippen LogP contribution in [0.2, 0.25) is 0 Å². The summed E-state index contributed by atoms with van der Waals surface area (Å²) in [6.45, 7) is -2.83. The summed E-state index contributed by atoms with van der Waals surface area (Å²) >= 11 is 0. The first-order valence-electron chi connectivity index (χ1n) is 11.6. The number of nitrogens with zero attached hydrogens (tertiary/aromatic N) is 5. The largest absolute Gasteiger partial charge is 0.354 e. The first kappa shape index (κ1) is 7.30. The minimum atomic E-state index is -3.61. The normalized spacial score (nSPS) is 41.2. The molecule has 0 aliphatic carbocycles. The van der Waals surface area contributed by atoms with Gasteiger partial charge >= 0.3 is 5.91 Å². The minimum Gasteiger partial charge on any atom is -0.354 e. The number of nitrogens with one attached hydrogen (secondary N) is 1. The summed E-state index contributed by atoms with van der Waals surface area (Å²) in [5, 5.41) is 0.279. The molecule has 3 heterocycles. The van der Waals surface area contributed by atoms with Crippen LogP contribution in [0.25, 0.3) is 15.9 Å². The van der Waals surface area contributed by atoms with Crippen LogP contribution in [-0.4, -0.2) is 58.3 Å². The predicted molar refractivity (Wildman–Crippen MR) is 87.9 cm³/mol. The van der Waals surface area contributed by atoms with Crippen molar-refractivity contribution in [2.75, 3.05) is 31.4 Å². The molecule has 1 N–H and O–H groups in total. The Morgan fingerprint density at radius 1 is 1.74 bits per heavy atom. The van der Waals surface area contributed by atoms with Crippen LogP contribution in [0.5, 0.6) is 0 Å². The average molecular weight is 322 g/mol. The molecular weight excluding hydrogens is 292 g/mol. The topological polar surface area (TPSA) is 69.5 Å². The highest BCUT2D eigenvalue weighted by Crippen LogP contribution is 2.28. The summed E-state index contributed by atoms with van der Waals surface area (Å²) in [7, 11) is 1.13. The molecule has 1 aliphatic heterocycles. The van der Waals surface area contributed by atoms with Crippen LogP contribution in [0.15, 0.2) is 18.6 Å². The van der Waals surface area contributed by atoms with Gasteiger partial charge in [0, 0.05) is 33.1 Å². The second-order valence-corrected chi connectivity index (χ2v) is 4.68. The molecule has 23 heavy (non-hydrogen) atoms. The Hall–Kier alpha value is -2.62. The number of likely N-dealkylation sites (N-methyl/N-ethyl adjacent to an activating group) is 1. The number of aromatic amines is 1. The Balaban J connectivity index is 2.37. The van der Waals surface area contributed by atoms with Crippen molar-refractivity contribution in [2.45, 2.75) is 19.3 Å². The number of H-pyrrole nitrogens is 1. The molecular formula is C16H20N6O. The van der Waals surface area contributed by atoms with Crippen molar-refractivity contribution in [3.8, 4) is 0 Å². The van der Waals surface area contributed by atoms with E-state index in [1.807, 2.05) is 0 Å². The molecule has 1 fully saturated rings. The van der Waals surface area contributed by atoms with E-state index in [-0.39, 0.29) is 16.9 Å². The number of aromatic nitrogens is 3. The third kappa shape index (κ3) is 2.84. The Labute approximate surface area is 149 Å². The average Bonchev–Trinajstić information content (AvgIpc) is 3.19. The van der Waals surface area contributed by atoms with Crippen LogP contribution in [0, 0.1) is 12.5 Å². The van der Waals surface area contributed by atoms with Gasteiger partial charge in [0.1, 0.15) is 20.5 Å². The first-order chi connectivity index (χ1) is 14.8. The third-order valence-electron chi connectivity index (χ3n) is 3.27. The molecule has 2 aromatic rings. The maximum absolute atomic E-state index is 12.9. The van der Waals surface area contributed by atoms with Gasteiger partial charge in [0.15, 0.2) is 0 Å². The molecule has 7 nitrogen and oxygen atoms in total. The number of fused-ring (bicyclic) bond motifs is 1. The fourth-order valence-corrected chi connectivity index (χ4v) is 2.17. The van der Waals surface area contributed by atoms with Crippen molar-refractivity contribution in [3.05, 3.63) is 30.0 Å². The second-order valence-electron chi connectivity index (χ2n) is 4.68. The van der Waals surface area contributed by atoms with Gasteiger partial charge in [-0.3, -0.25) is 4.79 Å². The summed E-state index contributed by atoms with van der Waals surface area (Å²) in [6.07, 6.45) is -0.845. The highest BCUT2D eigenvalue weighted by atomic mass is 16.2. The predicted octanol–water partition coefficient (Wildman–Crippen LogP) is 1.55. The lowest BCUT2D eigenvalue weighted by atomic mass is 9.92. The summed E-state index contributed by atoms with van der Waals surface area (Å²) in [4.78, 5) is 26.6. The first-order valence-corrected chi connectivity index (χ1v) is 6.59. The van der Waals surface area contributed by atoms with Crippen LogP contribution < -0.4 is 4.90 Å². The third-order valence-corrected chi connectivity index (χ3v) is 3.27. The van der Waals surface area contributed by atoms with Crippen LogP contribution in [-0.2, 0) is 4.79 Å². The molecule has 1 aliphatic rings. The summed E-state index contributed by atoms with van der Waals surface area (Å²) in [6, 6.07) is -1.60. The van der Waals surface area contributed by atoms with Crippen molar-refractivity contribution in [2.24, 2.45) is 5.89 Å². The Bertz CT molecular complexity index is 1160. The lowest BCUT2D eigenvalue weighted by molar-refractivity contribution is -0.130. The Morgan fingerprint density at radius 3 is 3.35 bits per heavy atom. The highest BCUT2D eigenvalue weighted by Gasteiger charge is 2.33. The molecule has 0 radical (unpaired) electrons. The fraction of sp³-hybridized carbons (Fsp3) is 0.500. The van der Waals surface area contributed by atoms with E-state index >= 15 is 0 Å². The minimum absolute atomic E-state index is 0.113. The Kier molecular flexibility index (Phi) is 1.98. The summed E-state index contributed by atoms with van der Waals surface area (Å²) in [5.74, 6) is -5.03. The van der Waals surface area contributed by atoms with E-state index in [1.165, 1.54) is 12.3 Å². The lowest BCUT2D eigenvalue weighted by Crippen LogP contribution is -2.53. The van der Waals surface area contributed by atoms with Crippen molar-refractivity contribution in [3.63, 3.8) is 0 Å². The van der Waals surface area contributed by atoms with Crippen molar-refractivity contribution < 1.29 is 18.5 Å². The summed E-state index contributed by atoms with van der Waals surface area (Å²) < 4.78 is 83.7. The molecule has 7 heteroatoms. The molecule has 1 saturated heterocycles. The molecule has 1 amide bonds. The molecule has 2 atom stereocenters. The molecule has 0 spiro atoms. The van der Waals surface area contributed by atoms with Crippen LogP contribution in [0.3, 0.4) is 0 Å². The summed E-state index contributed by atoms with van der Waals surface area (Å²) in [5.41, 5.74) is 0.286. The van der Waals surface area contributed by atoms with Crippen molar-refractivity contribution in [1.29, 1.82) is 0 Å². The van der Waals surface area contributed by atoms with Crippen LogP contribution >= 0.6 is 0 Å². The fourth-order valence-electron chi connectivity index (χ4n) is 2.17. The maximum atomic E-state index is 12.9. The van der Waals surface area contributed by atoms with Gasteiger partial charge in [-0.1, -0.05) is 6.92 Å². The monoisotopic (exact) mass is 322 g/mol. The molecule has 2 aromatic heterocycles. The number of likely N-dealkylation sites (tertiary alicyclic amines) is 1. The smallest absolute Gasteiger partial charge is 0.302 e. The van der Waals surface area contributed by atoms with E-state index in [0.29, 0.717) is 0 Å². The standard InChI is InChI=1S/C16H20N6O/c1-11-5-7-22(14(23)8-17-2)9-13(11)21(3)16-12-4-6-18-15(12)19-10-20-16/h4,6,10-11,13H,5,7-9H2,1,3H3,(H,18,19,20)/t11-,13-/m1/s1/i5D2,7D2,8D2,9D2,11D,13D. The van der Waals surface area contributed by atoms with Crippen molar-refractivity contribution >= 4 is 22.8 Å². The molecule has 0 aromatic carbocycles. The van der Waals surface area contributed by atoms with Gasteiger partial charge in [-0.2, -0.15) is 0 Å². The number of piperidine rings is 1. The van der Waals surface area contributed by atoms with E-state index < -0.39 is 48.6 Å². The number of hydrogen-bond acceptors (Lipinski definition) is 4. The number of carbonyl (C=O) groups is 1. The quantitative estimate of drug-likeness (QED) is 0.871. The molecule has 120 valence electrons. The number of amides is 1. The van der Waals surface area contributed by atoms with E-state index in [4.69, 9.17) is 20.3 Å². The van der Waals surface area contributed by atoms with E-state index in [9.17, 15) is 4.79 Å². The molecule has 0 unspecified atom stereocenters. The lowest BCUT2D eigenvalue weighted by Gasteiger charge is -2.41. The van der Waals surface area contributed by atoms with Crippen molar-refractivity contribution in [1.82, 2.24) is 19.9 Å². The van der Waals surface area contributed by atoms with E-state index in [2.05, 4.69) is 19.8 Å². The molecule has 0 bridgehead atoms. The van der Waals surface area contributed by atoms with Gasteiger partial charge in [0.05, 0.1) is 15.5 Å². The highest BCUT2D eigenvalue weighted by molar-refractivity contribution is 5.87. The maximum Gasteiger partial charge on any atom is 0.302 e. The van der Waals surface area contributed by atoms with Crippen LogP contribution in [0.4, 0.5) is 5.82 Å². The number of rotatable bonds is 3. The van der Waals surface area contributed by atoms with Gasteiger partial charge < -0.3 is 19.6 Å². The number of hydrogen-bond donors (Lipinski definition) is 1. The molecule has 3 rings (SSSR count). The number of anilines is 1. The zero-order chi connectivity index (χ0) is 25.4. The molecule has 0 saturated carbocycles. The second kappa shape index (κ2) is 6.24. The zero-order valence-electron chi connectivity index (χ0n) is 22.4. The van der Waals surface area contributed by atoms with Crippen LogP contribution in [0.1, 0.15) is 27.0 Å². The SMILES string of the molecule is [2H]C([2H])([N+]#[C-])C(=O)N1C([2H])([2H])C([2H])([2H])[C@@]([2H])(C)[C@]([2H])(N(C)c2ncnc3[nH]ccc23)C1([2H])[2H]. The van der Waals surface area contributed by atoms with Gasteiger partial charge in [-0.05, 0) is 18.3 Å².